The molecule has 0 bridgehead atoms. The number of hydrogen-bond acceptors (Lipinski definition) is 6. The minimum atomic E-state index is -3.45. The van der Waals surface area contributed by atoms with Crippen LogP contribution in [0.3, 0.4) is 0 Å². The highest BCUT2D eigenvalue weighted by molar-refractivity contribution is 7.89. The van der Waals surface area contributed by atoms with E-state index in [0.717, 1.165) is 24.5 Å². The number of pyridine rings is 1. The highest BCUT2D eigenvalue weighted by Crippen LogP contribution is 2.24. The molecule has 178 valence electrons. The Morgan fingerprint density at radius 3 is 2.42 bits per heavy atom. The van der Waals surface area contributed by atoms with E-state index in [1.807, 2.05) is 60.5 Å². The number of piperazine rings is 2. The van der Waals surface area contributed by atoms with Gasteiger partial charge in [-0.05, 0) is 24.7 Å². The Morgan fingerprint density at radius 2 is 1.73 bits per heavy atom. The monoisotopic (exact) mass is 472 g/mol. The number of sulfonamides is 1. The fraction of sp³-hybridized carbons (Fsp3) is 0.478. The van der Waals surface area contributed by atoms with Gasteiger partial charge in [0.15, 0.2) is 0 Å². The Hall–Kier alpha value is -2.69. The normalized spacial score (nSPS) is 20.6. The summed E-state index contributed by atoms with van der Waals surface area (Å²) in [7, 11) is -1.40. The number of aromatic nitrogens is 1. The molecule has 9 nitrogen and oxygen atoms in total. The molecule has 1 aromatic carbocycles. The van der Waals surface area contributed by atoms with Crippen LogP contribution < -0.4 is 10.2 Å². The third-order valence-electron chi connectivity index (χ3n) is 6.27. The number of carbonyl (C=O) groups is 1. The molecule has 0 saturated carbocycles. The van der Waals surface area contributed by atoms with Gasteiger partial charge in [-0.15, -0.1) is 0 Å². The van der Waals surface area contributed by atoms with Gasteiger partial charge in [-0.2, -0.15) is 4.31 Å². The molecule has 2 amide bonds. The third-order valence-corrected chi connectivity index (χ3v) is 8.14. The second-order valence-electron chi connectivity index (χ2n) is 8.50. The first-order chi connectivity index (χ1) is 15.9. The quantitative estimate of drug-likeness (QED) is 0.680. The third kappa shape index (κ3) is 5.82. The lowest BCUT2D eigenvalue weighted by Crippen LogP contribution is -2.53. The van der Waals surface area contributed by atoms with Crippen LogP contribution in [0.5, 0.6) is 0 Å². The molecule has 3 heterocycles. The maximum Gasteiger partial charge on any atom is 0.318 e. The number of anilines is 1. The number of urea groups is 1. The molecular weight excluding hydrogens is 440 g/mol. The van der Waals surface area contributed by atoms with Crippen LogP contribution in [0.4, 0.5) is 10.6 Å². The van der Waals surface area contributed by atoms with Crippen LogP contribution in [-0.2, 0) is 10.0 Å². The van der Waals surface area contributed by atoms with Gasteiger partial charge in [-0.25, -0.2) is 18.2 Å². The van der Waals surface area contributed by atoms with E-state index in [1.165, 1.54) is 4.31 Å². The topological polar surface area (TPSA) is 89.1 Å². The van der Waals surface area contributed by atoms with E-state index in [1.54, 1.807) is 6.20 Å². The van der Waals surface area contributed by atoms with Gasteiger partial charge in [0.1, 0.15) is 5.82 Å². The van der Waals surface area contributed by atoms with Gasteiger partial charge in [-0.3, -0.25) is 0 Å². The van der Waals surface area contributed by atoms with Gasteiger partial charge in [0.05, 0.1) is 11.8 Å². The maximum absolute atomic E-state index is 12.9. The second-order valence-corrected chi connectivity index (χ2v) is 10.6. The molecule has 2 saturated heterocycles. The minimum absolute atomic E-state index is 0.0544. The van der Waals surface area contributed by atoms with E-state index in [0.29, 0.717) is 32.7 Å². The molecular formula is C23H32N6O3S. The maximum atomic E-state index is 12.9. The lowest BCUT2D eigenvalue weighted by atomic mass is 10.0. The average molecular weight is 473 g/mol. The molecule has 10 heteroatoms. The molecule has 1 atom stereocenters. The molecule has 4 rings (SSSR count). The smallest absolute Gasteiger partial charge is 0.318 e. The molecule has 2 fully saturated rings. The molecule has 0 aliphatic carbocycles. The standard InChI is InChI=1S/C23H32N6O3S/c1-26-12-17-29(21(19-26)20-7-3-2-4-8-20)23(30)25-11-18-33(31,32)28-15-13-27(14-16-28)22-9-5-6-10-24-22/h2-10,21H,11-19H2,1H3,(H,25,30). The number of carbonyl (C=O) groups excluding carboxylic acids is 1. The van der Waals surface area contributed by atoms with Crippen LogP contribution in [-0.4, -0.2) is 98.7 Å². The molecule has 1 aromatic heterocycles. The SMILES string of the molecule is CN1CCN(C(=O)NCCS(=O)(=O)N2CCN(c3ccccn3)CC2)C(c2ccccc2)C1. The summed E-state index contributed by atoms with van der Waals surface area (Å²) >= 11 is 0. The lowest BCUT2D eigenvalue weighted by molar-refractivity contribution is 0.109. The van der Waals surface area contributed by atoms with Gasteiger partial charge in [0.25, 0.3) is 0 Å². The number of benzene rings is 1. The number of nitrogens with zero attached hydrogens (tertiary/aromatic N) is 5. The molecule has 0 radical (unpaired) electrons. The summed E-state index contributed by atoms with van der Waals surface area (Å²) in [6.45, 7) is 4.26. The van der Waals surface area contributed by atoms with Crippen molar-refractivity contribution in [2.24, 2.45) is 0 Å². The van der Waals surface area contributed by atoms with Crippen molar-refractivity contribution in [3.63, 3.8) is 0 Å². The highest BCUT2D eigenvalue weighted by Gasteiger charge is 2.31. The van der Waals surface area contributed by atoms with Crippen molar-refractivity contribution in [2.45, 2.75) is 6.04 Å². The predicted octanol–water partition coefficient (Wildman–Crippen LogP) is 1.23. The molecule has 2 aliphatic rings. The number of amides is 2. The lowest BCUT2D eigenvalue weighted by Gasteiger charge is -2.40. The Balaban J connectivity index is 1.28. The van der Waals surface area contributed by atoms with Crippen LogP contribution in [0.1, 0.15) is 11.6 Å². The summed E-state index contributed by atoms with van der Waals surface area (Å²) in [5.74, 6) is 0.758. The summed E-state index contributed by atoms with van der Waals surface area (Å²) in [6, 6.07) is 15.4. The van der Waals surface area contributed by atoms with Crippen molar-refractivity contribution < 1.29 is 13.2 Å². The summed E-state index contributed by atoms with van der Waals surface area (Å²) in [5, 5.41) is 2.84. The van der Waals surface area contributed by atoms with Gasteiger partial charge in [0, 0.05) is 58.6 Å². The summed E-state index contributed by atoms with van der Waals surface area (Å²) in [5.41, 5.74) is 1.08. The van der Waals surface area contributed by atoms with E-state index >= 15 is 0 Å². The summed E-state index contributed by atoms with van der Waals surface area (Å²) in [6.07, 6.45) is 1.74. The fourth-order valence-electron chi connectivity index (χ4n) is 4.38. The Bertz CT molecular complexity index is 1010. The first-order valence-corrected chi connectivity index (χ1v) is 13.0. The zero-order valence-electron chi connectivity index (χ0n) is 19.0. The van der Waals surface area contributed by atoms with Gasteiger partial charge >= 0.3 is 6.03 Å². The van der Waals surface area contributed by atoms with Gasteiger partial charge in [0.2, 0.25) is 10.0 Å². The van der Waals surface area contributed by atoms with E-state index in [4.69, 9.17) is 0 Å². The van der Waals surface area contributed by atoms with Crippen molar-refractivity contribution in [1.29, 1.82) is 0 Å². The number of hydrogen-bond donors (Lipinski definition) is 1. The van der Waals surface area contributed by atoms with Crippen molar-refractivity contribution in [1.82, 2.24) is 24.4 Å². The first-order valence-electron chi connectivity index (χ1n) is 11.4. The summed E-state index contributed by atoms with van der Waals surface area (Å²) in [4.78, 5) is 23.4. The van der Waals surface area contributed by atoms with Crippen LogP contribution >= 0.6 is 0 Å². The average Bonchev–Trinajstić information content (AvgIpc) is 2.85. The van der Waals surface area contributed by atoms with Crippen molar-refractivity contribution in [2.75, 3.05) is 70.1 Å². The molecule has 0 spiro atoms. The zero-order valence-corrected chi connectivity index (χ0v) is 19.8. The van der Waals surface area contributed by atoms with Crippen molar-refractivity contribution in [3.05, 3.63) is 60.3 Å². The van der Waals surface area contributed by atoms with Crippen LogP contribution in [0, 0.1) is 0 Å². The molecule has 33 heavy (non-hydrogen) atoms. The van der Waals surface area contributed by atoms with E-state index < -0.39 is 10.0 Å². The Kier molecular flexibility index (Phi) is 7.46. The number of likely N-dealkylation sites (N-methyl/N-ethyl adjacent to an activating group) is 1. The predicted molar refractivity (Wildman–Crippen MR) is 129 cm³/mol. The minimum Gasteiger partial charge on any atom is -0.354 e. The number of rotatable bonds is 6. The first kappa shape index (κ1) is 23.5. The highest BCUT2D eigenvalue weighted by atomic mass is 32.2. The Labute approximate surface area is 196 Å². The molecule has 1 unspecified atom stereocenters. The van der Waals surface area contributed by atoms with Crippen LogP contribution in [0.15, 0.2) is 54.7 Å². The van der Waals surface area contributed by atoms with Crippen LogP contribution in [0.25, 0.3) is 0 Å². The van der Waals surface area contributed by atoms with E-state index in [-0.39, 0.29) is 24.4 Å². The molecule has 2 aromatic rings. The number of nitrogens with one attached hydrogen (secondary N) is 1. The second kappa shape index (κ2) is 10.5. The molecule has 2 aliphatic heterocycles. The molecule has 1 N–H and O–H groups in total. The van der Waals surface area contributed by atoms with Gasteiger partial charge < -0.3 is 20.0 Å². The van der Waals surface area contributed by atoms with E-state index in [2.05, 4.69) is 20.1 Å². The Morgan fingerprint density at radius 1 is 1.00 bits per heavy atom. The fourth-order valence-corrected chi connectivity index (χ4v) is 5.71. The van der Waals surface area contributed by atoms with Crippen molar-refractivity contribution in [3.8, 4) is 0 Å². The van der Waals surface area contributed by atoms with Gasteiger partial charge in [-0.1, -0.05) is 36.4 Å². The van der Waals surface area contributed by atoms with Crippen molar-refractivity contribution >= 4 is 21.9 Å². The van der Waals surface area contributed by atoms with E-state index in [9.17, 15) is 13.2 Å². The largest absolute Gasteiger partial charge is 0.354 e. The summed E-state index contributed by atoms with van der Waals surface area (Å²) < 4.78 is 27.2. The zero-order chi connectivity index (χ0) is 23.3. The van der Waals surface area contributed by atoms with Crippen LogP contribution in [0.2, 0.25) is 0 Å².